The van der Waals surface area contributed by atoms with Crippen molar-refractivity contribution < 1.29 is 22.4 Å². The summed E-state index contributed by atoms with van der Waals surface area (Å²) in [6.45, 7) is 0. The third kappa shape index (κ3) is 3.44. The number of nitrogens with one attached hydrogen (secondary N) is 1. The van der Waals surface area contributed by atoms with Gasteiger partial charge in [0, 0.05) is 11.1 Å². The highest BCUT2D eigenvalue weighted by molar-refractivity contribution is 7.89. The minimum absolute atomic E-state index is 0.0377. The predicted molar refractivity (Wildman–Crippen MR) is 94.8 cm³/mol. The van der Waals surface area contributed by atoms with Crippen LogP contribution in [-0.2, 0) is 10.0 Å². The van der Waals surface area contributed by atoms with Crippen molar-refractivity contribution in [1.29, 1.82) is 0 Å². The van der Waals surface area contributed by atoms with Crippen molar-refractivity contribution in [2.45, 2.75) is 4.90 Å². The average molecular weight is 374 g/mol. The van der Waals surface area contributed by atoms with E-state index in [9.17, 15) is 18.0 Å². The maximum atomic E-state index is 12.4. The third-order valence-corrected chi connectivity index (χ3v) is 4.55. The summed E-state index contributed by atoms with van der Waals surface area (Å²) in [4.78, 5) is 24.2. The number of fused-ring (bicyclic) bond motifs is 1. The molecule has 9 heteroatoms. The molecule has 3 aromatic rings. The van der Waals surface area contributed by atoms with Crippen molar-refractivity contribution in [3.8, 4) is 5.75 Å². The summed E-state index contributed by atoms with van der Waals surface area (Å²) in [5, 5.41) is 8.18. The lowest BCUT2D eigenvalue weighted by Crippen LogP contribution is -2.21. The molecule has 0 aliphatic heterocycles. The molecule has 0 saturated carbocycles. The standard InChI is InChI=1S/C17H14N2O6S/c1-24-14-7-6-11(9-15(14)26(18,22)23)19-16(20)12-8-10-4-2-3-5-13(10)25-17(12)21/h2-9H,1H3,(H,19,20)(H2,18,22,23). The Morgan fingerprint density at radius 1 is 1.15 bits per heavy atom. The van der Waals surface area contributed by atoms with Gasteiger partial charge in [0.05, 0.1) is 7.11 Å². The van der Waals surface area contributed by atoms with Gasteiger partial charge in [-0.25, -0.2) is 18.4 Å². The van der Waals surface area contributed by atoms with Gasteiger partial charge < -0.3 is 14.5 Å². The molecule has 0 aliphatic carbocycles. The summed E-state index contributed by atoms with van der Waals surface area (Å²) >= 11 is 0. The van der Waals surface area contributed by atoms with Crippen molar-refractivity contribution in [1.82, 2.24) is 0 Å². The first-order valence-electron chi connectivity index (χ1n) is 7.34. The minimum atomic E-state index is -4.06. The molecule has 1 amide bonds. The van der Waals surface area contributed by atoms with E-state index in [2.05, 4.69) is 5.32 Å². The van der Waals surface area contributed by atoms with E-state index in [1.807, 2.05) is 0 Å². The molecule has 2 aromatic carbocycles. The highest BCUT2D eigenvalue weighted by atomic mass is 32.2. The first-order chi connectivity index (χ1) is 12.3. The van der Waals surface area contributed by atoms with Gasteiger partial charge in [-0.3, -0.25) is 4.79 Å². The van der Waals surface area contributed by atoms with E-state index in [0.29, 0.717) is 11.0 Å². The number of methoxy groups -OCH3 is 1. The van der Waals surface area contributed by atoms with Crippen LogP contribution in [0.15, 0.2) is 62.6 Å². The zero-order chi connectivity index (χ0) is 18.9. The molecule has 0 saturated heterocycles. The van der Waals surface area contributed by atoms with Crippen LogP contribution in [-0.4, -0.2) is 21.4 Å². The van der Waals surface area contributed by atoms with Crippen LogP contribution in [0.25, 0.3) is 11.0 Å². The molecule has 0 bridgehead atoms. The number of amides is 1. The van der Waals surface area contributed by atoms with Gasteiger partial charge in [0.2, 0.25) is 10.0 Å². The lowest BCUT2D eigenvalue weighted by atomic mass is 10.1. The Labute approximate surface area is 148 Å². The summed E-state index contributed by atoms with van der Waals surface area (Å²) in [6, 6.07) is 12.1. The van der Waals surface area contributed by atoms with E-state index in [-0.39, 0.29) is 21.9 Å². The van der Waals surface area contributed by atoms with Gasteiger partial charge in [-0.05, 0) is 30.3 Å². The van der Waals surface area contributed by atoms with Crippen LogP contribution in [0, 0.1) is 0 Å². The van der Waals surface area contributed by atoms with Gasteiger partial charge in [-0.15, -0.1) is 0 Å². The molecule has 134 valence electrons. The maximum Gasteiger partial charge on any atom is 0.349 e. The quantitative estimate of drug-likeness (QED) is 0.669. The zero-order valence-corrected chi connectivity index (χ0v) is 14.4. The second kappa shape index (κ2) is 6.62. The second-order valence-corrected chi connectivity index (χ2v) is 6.88. The smallest absolute Gasteiger partial charge is 0.349 e. The van der Waals surface area contributed by atoms with Crippen molar-refractivity contribution in [2.24, 2.45) is 5.14 Å². The molecular formula is C17H14N2O6S. The molecule has 26 heavy (non-hydrogen) atoms. The highest BCUT2D eigenvalue weighted by Crippen LogP contribution is 2.26. The van der Waals surface area contributed by atoms with Gasteiger partial charge in [0.25, 0.3) is 5.91 Å². The normalized spacial score (nSPS) is 11.3. The van der Waals surface area contributed by atoms with Crippen molar-refractivity contribution >= 4 is 32.6 Å². The fourth-order valence-corrected chi connectivity index (χ4v) is 3.12. The summed E-state index contributed by atoms with van der Waals surface area (Å²) in [6.07, 6.45) is 0. The van der Waals surface area contributed by atoms with E-state index in [0.717, 1.165) is 6.07 Å². The number of carbonyl (C=O) groups excluding carboxylic acids is 1. The summed E-state index contributed by atoms with van der Waals surface area (Å²) in [5.41, 5.74) is -0.527. The fourth-order valence-electron chi connectivity index (χ4n) is 2.40. The van der Waals surface area contributed by atoms with Gasteiger partial charge in [-0.2, -0.15) is 0 Å². The maximum absolute atomic E-state index is 12.4. The number of nitrogens with two attached hydrogens (primary N) is 1. The molecule has 0 atom stereocenters. The summed E-state index contributed by atoms with van der Waals surface area (Å²) in [5.74, 6) is -0.703. The molecule has 0 unspecified atom stereocenters. The van der Waals surface area contributed by atoms with E-state index in [1.54, 1.807) is 24.3 Å². The van der Waals surface area contributed by atoms with Crippen LogP contribution in [0.1, 0.15) is 10.4 Å². The molecule has 0 aliphatic rings. The van der Waals surface area contributed by atoms with Gasteiger partial charge >= 0.3 is 5.63 Å². The van der Waals surface area contributed by atoms with Crippen LogP contribution < -0.4 is 20.8 Å². The molecule has 3 rings (SSSR count). The Hall–Kier alpha value is -3.17. The summed E-state index contributed by atoms with van der Waals surface area (Å²) < 4.78 is 33.3. The number of primary sulfonamides is 1. The predicted octanol–water partition coefficient (Wildman–Crippen LogP) is 1.70. The van der Waals surface area contributed by atoms with Crippen molar-refractivity contribution in [3.63, 3.8) is 0 Å². The Kier molecular flexibility index (Phi) is 4.49. The molecule has 3 N–H and O–H groups in total. The number of anilines is 1. The summed E-state index contributed by atoms with van der Waals surface area (Å²) in [7, 11) is -2.77. The number of sulfonamides is 1. The van der Waals surface area contributed by atoms with Gasteiger partial charge in [-0.1, -0.05) is 18.2 Å². The number of carbonyl (C=O) groups is 1. The first-order valence-corrected chi connectivity index (χ1v) is 8.89. The minimum Gasteiger partial charge on any atom is -0.495 e. The van der Waals surface area contributed by atoms with E-state index in [1.165, 1.54) is 25.3 Å². The Balaban J connectivity index is 1.98. The first kappa shape index (κ1) is 17.6. The van der Waals surface area contributed by atoms with Gasteiger partial charge in [0.1, 0.15) is 21.8 Å². The topological polar surface area (TPSA) is 129 Å². The van der Waals surface area contributed by atoms with E-state index >= 15 is 0 Å². The van der Waals surface area contributed by atoms with Crippen LogP contribution in [0.3, 0.4) is 0 Å². The lowest BCUT2D eigenvalue weighted by molar-refractivity contribution is 0.102. The molecule has 0 radical (unpaired) electrons. The Morgan fingerprint density at radius 2 is 1.88 bits per heavy atom. The molecule has 1 heterocycles. The largest absolute Gasteiger partial charge is 0.495 e. The number of ether oxygens (including phenoxy) is 1. The Morgan fingerprint density at radius 3 is 2.58 bits per heavy atom. The third-order valence-electron chi connectivity index (χ3n) is 3.61. The van der Waals surface area contributed by atoms with Crippen LogP contribution in [0.2, 0.25) is 0 Å². The molecular weight excluding hydrogens is 360 g/mol. The highest BCUT2D eigenvalue weighted by Gasteiger charge is 2.18. The average Bonchev–Trinajstić information content (AvgIpc) is 2.60. The molecule has 0 spiro atoms. The van der Waals surface area contributed by atoms with E-state index < -0.39 is 21.6 Å². The number of hydrogen-bond acceptors (Lipinski definition) is 6. The number of benzene rings is 2. The fraction of sp³-hybridized carbons (Fsp3) is 0.0588. The number of hydrogen-bond donors (Lipinski definition) is 2. The van der Waals surface area contributed by atoms with Crippen LogP contribution >= 0.6 is 0 Å². The van der Waals surface area contributed by atoms with E-state index in [4.69, 9.17) is 14.3 Å². The molecule has 8 nitrogen and oxygen atoms in total. The monoisotopic (exact) mass is 374 g/mol. The second-order valence-electron chi connectivity index (χ2n) is 5.35. The molecule has 0 fully saturated rings. The van der Waals surface area contributed by atoms with Gasteiger partial charge in [0.15, 0.2) is 0 Å². The lowest BCUT2D eigenvalue weighted by Gasteiger charge is -2.10. The van der Waals surface area contributed by atoms with Crippen molar-refractivity contribution in [2.75, 3.05) is 12.4 Å². The zero-order valence-electron chi connectivity index (χ0n) is 13.6. The van der Waals surface area contributed by atoms with Crippen LogP contribution in [0.4, 0.5) is 5.69 Å². The van der Waals surface area contributed by atoms with Crippen molar-refractivity contribution in [3.05, 3.63) is 64.5 Å². The molecule has 1 aromatic heterocycles. The number of rotatable bonds is 4. The SMILES string of the molecule is COc1ccc(NC(=O)c2cc3ccccc3oc2=O)cc1S(N)(=O)=O. The number of para-hydroxylation sites is 1. The Bertz CT molecular complexity index is 1170. The van der Waals surface area contributed by atoms with Crippen LogP contribution in [0.5, 0.6) is 5.75 Å².